The Morgan fingerprint density at radius 3 is 2.60 bits per heavy atom. The van der Waals surface area contributed by atoms with Crippen molar-refractivity contribution in [3.05, 3.63) is 0 Å². The van der Waals surface area contributed by atoms with E-state index in [9.17, 15) is 18.0 Å². The molecule has 0 spiro atoms. The second kappa shape index (κ2) is 4.80. The summed E-state index contributed by atoms with van der Waals surface area (Å²) >= 11 is 0. The van der Waals surface area contributed by atoms with E-state index in [1.165, 1.54) is 0 Å². The van der Waals surface area contributed by atoms with Gasteiger partial charge in [0.25, 0.3) is 0 Å². The number of nitrogens with one attached hydrogen (secondary N) is 1. The van der Waals surface area contributed by atoms with E-state index in [0.717, 1.165) is 12.8 Å². The third-order valence-electron chi connectivity index (χ3n) is 2.31. The van der Waals surface area contributed by atoms with Crippen LogP contribution in [0.15, 0.2) is 0 Å². The smallest absolute Gasteiger partial charge is 0.327 e. The summed E-state index contributed by atoms with van der Waals surface area (Å²) in [6.45, 7) is -1.49. The maximum absolute atomic E-state index is 11.7. The van der Waals surface area contributed by atoms with Gasteiger partial charge in [0.1, 0.15) is 0 Å². The number of hydroxylamine groups is 1. The highest BCUT2D eigenvalue weighted by molar-refractivity contribution is 5.78. The molecular weight excluding hydrogens is 213 g/mol. The Kier molecular flexibility index (Phi) is 3.92. The maximum Gasteiger partial charge on any atom is 0.414 e. The normalized spacial score (nSPS) is 26.7. The van der Waals surface area contributed by atoms with Gasteiger partial charge in [-0.05, 0) is 12.8 Å². The first-order chi connectivity index (χ1) is 6.90. The van der Waals surface area contributed by atoms with Gasteiger partial charge in [-0.1, -0.05) is 6.42 Å². The van der Waals surface area contributed by atoms with Crippen LogP contribution in [-0.2, 0) is 9.63 Å². The van der Waals surface area contributed by atoms with Crippen molar-refractivity contribution in [1.29, 1.82) is 0 Å². The van der Waals surface area contributed by atoms with Crippen molar-refractivity contribution in [3.8, 4) is 0 Å². The Morgan fingerprint density at radius 1 is 1.47 bits per heavy atom. The minimum absolute atomic E-state index is 0.278. The average Bonchev–Trinajstić information content (AvgIpc) is 2.48. The molecule has 1 aliphatic carbocycles. The van der Waals surface area contributed by atoms with Crippen molar-refractivity contribution < 1.29 is 22.8 Å². The fraction of sp³-hybridized carbons (Fsp3) is 0.875. The number of rotatable bonds is 3. The fourth-order valence-corrected chi connectivity index (χ4v) is 1.58. The number of carbonyl (C=O) groups excluding carboxylic acids is 1. The standard InChI is InChI=1S/C8H13F3N2O2/c9-8(10,11)4-15-13-7(14)5-2-1-3-6(5)12/h5-6H,1-4,12H2,(H,13,14). The highest BCUT2D eigenvalue weighted by Gasteiger charge is 2.32. The van der Waals surface area contributed by atoms with Crippen LogP contribution in [0, 0.1) is 5.92 Å². The van der Waals surface area contributed by atoms with Gasteiger partial charge in [-0.25, -0.2) is 5.48 Å². The van der Waals surface area contributed by atoms with Gasteiger partial charge in [0.15, 0.2) is 6.61 Å². The highest BCUT2D eigenvalue weighted by Crippen LogP contribution is 2.24. The highest BCUT2D eigenvalue weighted by atomic mass is 19.4. The van der Waals surface area contributed by atoms with Crippen LogP contribution >= 0.6 is 0 Å². The molecular formula is C8H13F3N2O2. The molecule has 0 aromatic carbocycles. The van der Waals surface area contributed by atoms with Gasteiger partial charge in [0, 0.05) is 6.04 Å². The van der Waals surface area contributed by atoms with Crippen molar-refractivity contribution in [1.82, 2.24) is 5.48 Å². The number of halogens is 3. The largest absolute Gasteiger partial charge is 0.414 e. The maximum atomic E-state index is 11.7. The van der Waals surface area contributed by atoms with E-state index in [2.05, 4.69) is 4.84 Å². The summed E-state index contributed by atoms with van der Waals surface area (Å²) in [7, 11) is 0. The van der Waals surface area contributed by atoms with Gasteiger partial charge in [-0.15, -0.1) is 0 Å². The molecule has 3 N–H and O–H groups in total. The third kappa shape index (κ3) is 4.05. The summed E-state index contributed by atoms with van der Waals surface area (Å²) in [5.41, 5.74) is 7.37. The molecule has 0 aliphatic heterocycles. The molecule has 2 unspecified atom stereocenters. The Balaban J connectivity index is 2.24. The van der Waals surface area contributed by atoms with Crippen LogP contribution in [-0.4, -0.2) is 24.7 Å². The third-order valence-corrected chi connectivity index (χ3v) is 2.31. The molecule has 0 aromatic heterocycles. The van der Waals surface area contributed by atoms with Crippen LogP contribution in [0.4, 0.5) is 13.2 Å². The van der Waals surface area contributed by atoms with Gasteiger partial charge in [0.05, 0.1) is 5.92 Å². The molecule has 0 aromatic rings. The summed E-state index contributed by atoms with van der Waals surface area (Å²) < 4.78 is 35.0. The first kappa shape index (κ1) is 12.3. The van der Waals surface area contributed by atoms with Crippen LogP contribution in [0.25, 0.3) is 0 Å². The Morgan fingerprint density at radius 2 is 2.13 bits per heavy atom. The van der Waals surface area contributed by atoms with Crippen LogP contribution in [0.2, 0.25) is 0 Å². The molecule has 4 nitrogen and oxygen atoms in total. The number of hydrogen-bond acceptors (Lipinski definition) is 3. The molecule has 0 bridgehead atoms. The van der Waals surface area contributed by atoms with Crippen molar-refractivity contribution in [3.63, 3.8) is 0 Å². The number of amides is 1. The van der Waals surface area contributed by atoms with Crippen LogP contribution < -0.4 is 11.2 Å². The topological polar surface area (TPSA) is 64.4 Å². The molecule has 15 heavy (non-hydrogen) atoms. The Labute approximate surface area is 84.9 Å². The lowest BCUT2D eigenvalue weighted by atomic mass is 10.0. The molecule has 1 fully saturated rings. The minimum Gasteiger partial charge on any atom is -0.327 e. The van der Waals surface area contributed by atoms with Gasteiger partial charge in [0.2, 0.25) is 5.91 Å². The zero-order valence-corrected chi connectivity index (χ0v) is 8.01. The predicted octanol–water partition coefficient (Wildman–Crippen LogP) is 0.724. The SMILES string of the molecule is NC1CCCC1C(=O)NOCC(F)(F)F. The molecule has 1 saturated carbocycles. The molecule has 0 saturated heterocycles. The second-order valence-corrected chi connectivity index (χ2v) is 3.57. The monoisotopic (exact) mass is 226 g/mol. The van der Waals surface area contributed by atoms with E-state index in [0.29, 0.717) is 6.42 Å². The number of hydrogen-bond donors (Lipinski definition) is 2. The fourth-order valence-electron chi connectivity index (χ4n) is 1.58. The van der Waals surface area contributed by atoms with Gasteiger partial charge >= 0.3 is 6.18 Å². The lowest BCUT2D eigenvalue weighted by molar-refractivity contribution is -0.192. The van der Waals surface area contributed by atoms with E-state index < -0.39 is 24.6 Å². The predicted molar refractivity (Wildman–Crippen MR) is 45.5 cm³/mol. The Bertz CT molecular complexity index is 232. The molecule has 1 aliphatic rings. The van der Waals surface area contributed by atoms with Gasteiger partial charge in [-0.2, -0.15) is 13.2 Å². The summed E-state index contributed by atoms with van der Waals surface area (Å²) in [5.74, 6) is -0.998. The summed E-state index contributed by atoms with van der Waals surface area (Å²) in [4.78, 5) is 15.3. The van der Waals surface area contributed by atoms with Crippen molar-refractivity contribution in [2.45, 2.75) is 31.5 Å². The number of alkyl halides is 3. The van der Waals surface area contributed by atoms with E-state index >= 15 is 0 Å². The summed E-state index contributed by atoms with van der Waals surface area (Å²) in [5, 5.41) is 0. The summed E-state index contributed by atoms with van der Waals surface area (Å²) in [6.07, 6.45) is -2.30. The van der Waals surface area contributed by atoms with Crippen LogP contribution in [0.1, 0.15) is 19.3 Å². The molecule has 0 radical (unpaired) electrons. The van der Waals surface area contributed by atoms with E-state index in [-0.39, 0.29) is 6.04 Å². The molecule has 7 heteroatoms. The number of nitrogens with two attached hydrogens (primary N) is 1. The van der Waals surface area contributed by atoms with Crippen molar-refractivity contribution >= 4 is 5.91 Å². The van der Waals surface area contributed by atoms with Gasteiger partial charge in [-0.3, -0.25) is 9.63 Å². The quantitative estimate of drug-likeness (QED) is 0.697. The minimum atomic E-state index is -4.44. The number of carbonyl (C=O) groups is 1. The van der Waals surface area contributed by atoms with Crippen molar-refractivity contribution in [2.24, 2.45) is 11.7 Å². The lowest BCUT2D eigenvalue weighted by Gasteiger charge is -2.15. The average molecular weight is 226 g/mol. The molecule has 88 valence electrons. The van der Waals surface area contributed by atoms with Gasteiger partial charge < -0.3 is 5.73 Å². The van der Waals surface area contributed by atoms with E-state index in [4.69, 9.17) is 5.73 Å². The second-order valence-electron chi connectivity index (χ2n) is 3.57. The van der Waals surface area contributed by atoms with Crippen molar-refractivity contribution in [2.75, 3.05) is 6.61 Å². The lowest BCUT2D eigenvalue weighted by Crippen LogP contribution is -2.39. The zero-order chi connectivity index (χ0) is 11.5. The first-order valence-electron chi connectivity index (χ1n) is 4.64. The van der Waals surface area contributed by atoms with E-state index in [1.807, 2.05) is 0 Å². The molecule has 1 rings (SSSR count). The van der Waals surface area contributed by atoms with E-state index in [1.54, 1.807) is 5.48 Å². The molecule has 0 heterocycles. The molecule has 1 amide bonds. The zero-order valence-electron chi connectivity index (χ0n) is 8.01. The van der Waals surface area contributed by atoms with Crippen LogP contribution in [0.3, 0.4) is 0 Å². The Hall–Kier alpha value is -0.820. The summed E-state index contributed by atoms with van der Waals surface area (Å²) in [6, 6.07) is -0.278. The molecule has 2 atom stereocenters. The first-order valence-corrected chi connectivity index (χ1v) is 4.64. The van der Waals surface area contributed by atoms with Crippen LogP contribution in [0.5, 0.6) is 0 Å².